The molecule has 1 aliphatic rings. The molecular formula is C15H16FNO2. The normalized spacial score (nSPS) is 17.4. The maximum atomic E-state index is 14.2. The van der Waals surface area contributed by atoms with E-state index in [4.69, 9.17) is 0 Å². The van der Waals surface area contributed by atoms with E-state index < -0.39 is 11.4 Å². The van der Waals surface area contributed by atoms with Gasteiger partial charge in [-0.15, -0.1) is 0 Å². The molecule has 0 radical (unpaired) electrons. The molecule has 1 fully saturated rings. The van der Waals surface area contributed by atoms with Gasteiger partial charge in [0.2, 0.25) is 0 Å². The molecule has 19 heavy (non-hydrogen) atoms. The molecule has 0 amide bonds. The van der Waals surface area contributed by atoms with Gasteiger partial charge in [0.1, 0.15) is 5.82 Å². The van der Waals surface area contributed by atoms with Gasteiger partial charge in [0.05, 0.1) is 10.9 Å². The Kier molecular flexibility index (Phi) is 2.46. The Balaban J connectivity index is 2.26. The van der Waals surface area contributed by atoms with Gasteiger partial charge < -0.3 is 10.1 Å². The first-order valence-electron chi connectivity index (χ1n) is 6.48. The van der Waals surface area contributed by atoms with E-state index in [1.165, 1.54) is 6.07 Å². The van der Waals surface area contributed by atoms with Gasteiger partial charge in [-0.25, -0.2) is 4.39 Å². The van der Waals surface area contributed by atoms with Gasteiger partial charge in [0, 0.05) is 11.1 Å². The zero-order valence-corrected chi connectivity index (χ0v) is 11.0. The van der Waals surface area contributed by atoms with Crippen LogP contribution in [-0.4, -0.2) is 16.1 Å². The van der Waals surface area contributed by atoms with Crippen molar-refractivity contribution in [2.24, 2.45) is 0 Å². The van der Waals surface area contributed by atoms with Crippen molar-refractivity contribution < 1.29 is 14.3 Å². The lowest BCUT2D eigenvalue weighted by molar-refractivity contribution is -0.147. The Morgan fingerprint density at radius 3 is 2.58 bits per heavy atom. The molecule has 1 saturated carbocycles. The Labute approximate surface area is 110 Å². The SMILES string of the molecule is Cc1[nH]c2c(F)cc(C3(C(=O)O)CCC3)cc2c1C. The molecule has 1 aromatic carbocycles. The van der Waals surface area contributed by atoms with E-state index in [1.54, 1.807) is 0 Å². The van der Waals surface area contributed by atoms with Crippen LogP contribution in [0.2, 0.25) is 0 Å². The summed E-state index contributed by atoms with van der Waals surface area (Å²) in [6.45, 7) is 3.82. The second-order valence-electron chi connectivity index (χ2n) is 5.50. The molecule has 0 unspecified atom stereocenters. The lowest BCUT2D eigenvalue weighted by Crippen LogP contribution is -2.42. The van der Waals surface area contributed by atoms with Crippen LogP contribution in [0.1, 0.15) is 36.1 Å². The number of carbonyl (C=O) groups is 1. The van der Waals surface area contributed by atoms with E-state index in [1.807, 2.05) is 19.9 Å². The molecule has 0 bridgehead atoms. The van der Waals surface area contributed by atoms with E-state index in [-0.39, 0.29) is 5.82 Å². The Bertz CT molecular complexity index is 683. The number of fused-ring (bicyclic) bond motifs is 1. The fourth-order valence-electron chi connectivity index (χ4n) is 2.95. The van der Waals surface area contributed by atoms with E-state index in [2.05, 4.69) is 4.98 Å². The lowest BCUT2D eigenvalue weighted by Gasteiger charge is -2.38. The summed E-state index contributed by atoms with van der Waals surface area (Å²) in [6, 6.07) is 3.22. The highest BCUT2D eigenvalue weighted by atomic mass is 19.1. The third kappa shape index (κ3) is 1.52. The van der Waals surface area contributed by atoms with Crippen LogP contribution in [0.3, 0.4) is 0 Å². The average Bonchev–Trinajstić information content (AvgIpc) is 2.55. The van der Waals surface area contributed by atoms with E-state index in [0.29, 0.717) is 23.9 Å². The molecule has 0 saturated heterocycles. The number of benzene rings is 1. The Hall–Kier alpha value is -1.84. The van der Waals surface area contributed by atoms with E-state index in [9.17, 15) is 14.3 Å². The number of carboxylic acid groups (broad SMARTS) is 1. The second kappa shape index (κ2) is 3.83. The summed E-state index contributed by atoms with van der Waals surface area (Å²) in [5.41, 5.74) is 2.09. The van der Waals surface area contributed by atoms with Gasteiger partial charge in [-0.3, -0.25) is 4.79 Å². The number of aryl methyl sites for hydroxylation is 2. The van der Waals surface area contributed by atoms with Crippen molar-refractivity contribution >= 4 is 16.9 Å². The summed E-state index contributed by atoms with van der Waals surface area (Å²) in [6.07, 6.45) is 2.07. The fourth-order valence-corrected chi connectivity index (χ4v) is 2.95. The number of aliphatic carboxylic acids is 1. The van der Waals surface area contributed by atoms with Crippen molar-refractivity contribution in [3.8, 4) is 0 Å². The predicted molar refractivity (Wildman–Crippen MR) is 70.9 cm³/mol. The van der Waals surface area contributed by atoms with Crippen molar-refractivity contribution in [1.29, 1.82) is 0 Å². The van der Waals surface area contributed by atoms with Crippen LogP contribution in [0.4, 0.5) is 4.39 Å². The third-order valence-electron chi connectivity index (χ3n) is 4.54. The number of aromatic nitrogens is 1. The van der Waals surface area contributed by atoms with Gasteiger partial charge in [-0.2, -0.15) is 0 Å². The minimum absolute atomic E-state index is 0.365. The van der Waals surface area contributed by atoms with Crippen LogP contribution < -0.4 is 0 Å². The molecule has 0 atom stereocenters. The molecule has 4 heteroatoms. The van der Waals surface area contributed by atoms with Crippen LogP contribution in [0.25, 0.3) is 10.9 Å². The molecule has 0 aliphatic heterocycles. The molecule has 1 heterocycles. The second-order valence-corrected chi connectivity index (χ2v) is 5.50. The molecule has 3 nitrogen and oxygen atoms in total. The number of hydrogen-bond donors (Lipinski definition) is 2. The summed E-state index contributed by atoms with van der Waals surface area (Å²) < 4.78 is 14.2. The summed E-state index contributed by atoms with van der Waals surface area (Å²) in [5.74, 6) is -1.21. The summed E-state index contributed by atoms with van der Waals surface area (Å²) >= 11 is 0. The highest BCUT2D eigenvalue weighted by Gasteiger charge is 2.46. The first-order chi connectivity index (χ1) is 8.95. The van der Waals surface area contributed by atoms with Crippen LogP contribution in [0.15, 0.2) is 12.1 Å². The van der Waals surface area contributed by atoms with Gasteiger partial charge in [-0.05, 0) is 49.9 Å². The minimum Gasteiger partial charge on any atom is -0.481 e. The Morgan fingerprint density at radius 1 is 1.37 bits per heavy atom. The lowest BCUT2D eigenvalue weighted by atomic mass is 9.64. The molecule has 1 aromatic heterocycles. The van der Waals surface area contributed by atoms with Crippen LogP contribution in [-0.2, 0) is 10.2 Å². The van der Waals surface area contributed by atoms with E-state index in [0.717, 1.165) is 23.1 Å². The first-order valence-corrected chi connectivity index (χ1v) is 6.48. The summed E-state index contributed by atoms with van der Waals surface area (Å²) in [7, 11) is 0. The molecule has 3 rings (SSSR count). The number of aromatic amines is 1. The molecule has 1 aliphatic carbocycles. The summed E-state index contributed by atoms with van der Waals surface area (Å²) in [4.78, 5) is 14.5. The highest BCUT2D eigenvalue weighted by molar-refractivity contribution is 5.89. The third-order valence-corrected chi connectivity index (χ3v) is 4.54. The largest absolute Gasteiger partial charge is 0.481 e. The number of hydrogen-bond acceptors (Lipinski definition) is 1. The molecule has 2 N–H and O–H groups in total. The van der Waals surface area contributed by atoms with Crippen molar-refractivity contribution in [3.63, 3.8) is 0 Å². The average molecular weight is 261 g/mol. The number of nitrogens with one attached hydrogen (secondary N) is 1. The van der Waals surface area contributed by atoms with Gasteiger partial charge in [0.15, 0.2) is 0 Å². The number of rotatable bonds is 2. The minimum atomic E-state index is -0.882. The van der Waals surface area contributed by atoms with E-state index >= 15 is 0 Å². The van der Waals surface area contributed by atoms with Gasteiger partial charge in [0.25, 0.3) is 0 Å². The van der Waals surface area contributed by atoms with Crippen LogP contribution in [0, 0.1) is 19.7 Å². The molecule has 0 spiro atoms. The van der Waals surface area contributed by atoms with Crippen molar-refractivity contribution in [2.45, 2.75) is 38.5 Å². The zero-order valence-electron chi connectivity index (χ0n) is 11.0. The van der Waals surface area contributed by atoms with Gasteiger partial charge in [-0.1, -0.05) is 6.42 Å². The standard InChI is InChI=1S/C15H16FNO2/c1-8-9(2)17-13-11(8)6-10(7-12(13)16)15(14(18)19)4-3-5-15/h6-7,17H,3-5H2,1-2H3,(H,18,19). The molecule has 2 aromatic rings. The first kappa shape index (κ1) is 12.2. The quantitative estimate of drug-likeness (QED) is 0.870. The number of H-pyrrole nitrogens is 1. The van der Waals surface area contributed by atoms with Gasteiger partial charge >= 0.3 is 5.97 Å². The number of carboxylic acids is 1. The monoisotopic (exact) mass is 261 g/mol. The topological polar surface area (TPSA) is 53.1 Å². The predicted octanol–water partition coefficient (Wildman–Crippen LogP) is 3.43. The van der Waals surface area contributed by atoms with Crippen LogP contribution >= 0.6 is 0 Å². The maximum Gasteiger partial charge on any atom is 0.314 e. The highest BCUT2D eigenvalue weighted by Crippen LogP contribution is 2.45. The number of halogens is 1. The smallest absolute Gasteiger partial charge is 0.314 e. The molecular weight excluding hydrogens is 245 g/mol. The van der Waals surface area contributed by atoms with Crippen molar-refractivity contribution in [3.05, 3.63) is 34.8 Å². The van der Waals surface area contributed by atoms with Crippen molar-refractivity contribution in [2.75, 3.05) is 0 Å². The Morgan fingerprint density at radius 2 is 2.05 bits per heavy atom. The fraction of sp³-hybridized carbons (Fsp3) is 0.400. The maximum absolute atomic E-state index is 14.2. The summed E-state index contributed by atoms with van der Waals surface area (Å²) in [5, 5.41) is 10.2. The molecule has 100 valence electrons. The van der Waals surface area contributed by atoms with Crippen LogP contribution in [0.5, 0.6) is 0 Å². The van der Waals surface area contributed by atoms with Crippen molar-refractivity contribution in [1.82, 2.24) is 4.98 Å². The zero-order chi connectivity index (χ0) is 13.8.